The lowest BCUT2D eigenvalue weighted by Gasteiger charge is -2.27. The van der Waals surface area contributed by atoms with E-state index in [1.54, 1.807) is 0 Å². The molecule has 2 aromatic heterocycles. The summed E-state index contributed by atoms with van der Waals surface area (Å²) in [6.07, 6.45) is 3.96. The van der Waals surface area contributed by atoms with Gasteiger partial charge in [0.15, 0.2) is 5.17 Å². The van der Waals surface area contributed by atoms with Gasteiger partial charge in [0.2, 0.25) is 0 Å². The number of thioether (sulfide) groups is 1. The molecule has 2 aliphatic heterocycles. The molecule has 2 aromatic rings. The third-order valence-corrected chi connectivity index (χ3v) is 5.27. The topological polar surface area (TPSA) is 33.4 Å². The molecule has 0 bridgehead atoms. The summed E-state index contributed by atoms with van der Waals surface area (Å²) in [7, 11) is 2.11. The van der Waals surface area contributed by atoms with Crippen molar-refractivity contribution in [2.75, 3.05) is 6.54 Å². The van der Waals surface area contributed by atoms with Crippen LogP contribution in [0.25, 0.3) is 0 Å². The van der Waals surface area contributed by atoms with Crippen LogP contribution < -0.4 is 0 Å². The first-order valence-corrected chi connectivity index (χ1v) is 8.15. The predicted octanol–water partition coefficient (Wildman–Crippen LogP) is 3.01. The lowest BCUT2D eigenvalue weighted by atomic mass is 10.0. The van der Waals surface area contributed by atoms with Crippen molar-refractivity contribution >= 4 is 16.9 Å². The predicted molar refractivity (Wildman–Crippen MR) is 86.3 cm³/mol. The van der Waals surface area contributed by atoms with E-state index in [0.29, 0.717) is 5.25 Å². The van der Waals surface area contributed by atoms with E-state index in [9.17, 15) is 0 Å². The number of fused-ring (bicyclic) bond motifs is 1. The molecule has 5 heteroatoms. The van der Waals surface area contributed by atoms with Gasteiger partial charge >= 0.3 is 0 Å². The highest BCUT2D eigenvalue weighted by molar-refractivity contribution is 8.14. The van der Waals surface area contributed by atoms with Crippen molar-refractivity contribution in [1.82, 2.24) is 14.5 Å². The summed E-state index contributed by atoms with van der Waals surface area (Å²) in [5.41, 5.74) is 2.36. The van der Waals surface area contributed by atoms with Gasteiger partial charge in [-0.1, -0.05) is 24.8 Å². The van der Waals surface area contributed by atoms with Gasteiger partial charge in [0.1, 0.15) is 6.04 Å². The Morgan fingerprint density at radius 1 is 1.24 bits per heavy atom. The Bertz CT molecular complexity index is 679. The van der Waals surface area contributed by atoms with E-state index in [4.69, 9.17) is 4.99 Å². The van der Waals surface area contributed by atoms with Gasteiger partial charge in [-0.05, 0) is 24.3 Å². The van der Waals surface area contributed by atoms with E-state index in [-0.39, 0.29) is 12.1 Å². The molecule has 4 rings (SSSR count). The van der Waals surface area contributed by atoms with Crippen LogP contribution in [0.2, 0.25) is 0 Å². The van der Waals surface area contributed by atoms with Gasteiger partial charge < -0.3 is 9.47 Å². The normalized spacial score (nSPS) is 27.8. The quantitative estimate of drug-likeness (QED) is 0.854. The number of hydrogen-bond acceptors (Lipinski definition) is 4. The van der Waals surface area contributed by atoms with E-state index in [1.807, 2.05) is 30.1 Å². The minimum atomic E-state index is 0.0924. The largest absolute Gasteiger partial charge is 0.353 e. The van der Waals surface area contributed by atoms with E-state index >= 15 is 0 Å². The molecular weight excluding hydrogens is 280 g/mol. The Balaban J connectivity index is 1.79. The smallest absolute Gasteiger partial charge is 0.160 e. The minimum Gasteiger partial charge on any atom is -0.353 e. The summed E-state index contributed by atoms with van der Waals surface area (Å²) >= 11 is 1.88. The van der Waals surface area contributed by atoms with Crippen LogP contribution in [-0.4, -0.2) is 31.4 Å². The summed E-state index contributed by atoms with van der Waals surface area (Å²) in [5.74, 6) is 0. The van der Waals surface area contributed by atoms with E-state index in [2.05, 4.69) is 52.8 Å². The number of amidine groups is 1. The van der Waals surface area contributed by atoms with Gasteiger partial charge in [-0.2, -0.15) is 0 Å². The van der Waals surface area contributed by atoms with Gasteiger partial charge in [0.25, 0.3) is 0 Å². The van der Waals surface area contributed by atoms with Crippen molar-refractivity contribution in [3.8, 4) is 0 Å². The first kappa shape index (κ1) is 13.0. The molecule has 0 aliphatic carbocycles. The number of hydrogen-bond donors (Lipinski definition) is 0. The first-order valence-electron chi connectivity index (χ1n) is 7.27. The standard InChI is InChI=1S/C16H18N4S/c1-11-10-20-15(13-7-5-9-19(13)2)14(18-16(20)21-11)12-6-3-4-8-17-12/h3-9,11,14-15H,10H2,1-2H3/t11-,14+,15+/m1/s1. The minimum absolute atomic E-state index is 0.0924. The second kappa shape index (κ2) is 4.91. The maximum Gasteiger partial charge on any atom is 0.160 e. The maximum absolute atomic E-state index is 4.98. The molecule has 108 valence electrons. The van der Waals surface area contributed by atoms with E-state index < -0.39 is 0 Å². The summed E-state index contributed by atoms with van der Waals surface area (Å²) in [5, 5.41) is 1.78. The van der Waals surface area contributed by atoms with Crippen molar-refractivity contribution in [3.63, 3.8) is 0 Å². The highest BCUT2D eigenvalue weighted by Crippen LogP contribution is 2.47. The molecule has 0 aromatic carbocycles. The van der Waals surface area contributed by atoms with Gasteiger partial charge in [0.05, 0.1) is 11.7 Å². The number of nitrogens with zero attached hydrogens (tertiary/aromatic N) is 4. The molecular formula is C16H18N4S. The average molecular weight is 298 g/mol. The molecule has 1 fully saturated rings. The zero-order valence-corrected chi connectivity index (χ0v) is 13.0. The molecule has 4 heterocycles. The van der Waals surface area contributed by atoms with Crippen molar-refractivity contribution in [2.45, 2.75) is 24.3 Å². The molecule has 2 aliphatic rings. The molecule has 0 N–H and O–H groups in total. The summed E-state index contributed by atoms with van der Waals surface area (Å²) < 4.78 is 2.20. The van der Waals surface area contributed by atoms with Crippen molar-refractivity contribution in [1.29, 1.82) is 0 Å². The van der Waals surface area contributed by atoms with Crippen LogP contribution in [0.5, 0.6) is 0 Å². The van der Waals surface area contributed by atoms with Crippen molar-refractivity contribution in [2.24, 2.45) is 12.0 Å². The zero-order chi connectivity index (χ0) is 14.4. The molecule has 4 nitrogen and oxygen atoms in total. The second-order valence-electron chi connectivity index (χ2n) is 5.68. The van der Waals surface area contributed by atoms with Crippen LogP contribution in [0.1, 0.15) is 30.4 Å². The lowest BCUT2D eigenvalue weighted by molar-refractivity contribution is 0.309. The van der Waals surface area contributed by atoms with Crippen molar-refractivity contribution in [3.05, 3.63) is 54.1 Å². The Labute approximate surface area is 128 Å². The van der Waals surface area contributed by atoms with Crippen LogP contribution in [0.3, 0.4) is 0 Å². The fourth-order valence-corrected chi connectivity index (χ4v) is 4.31. The Kier molecular flexibility index (Phi) is 3.03. The third kappa shape index (κ3) is 2.07. The molecule has 0 radical (unpaired) electrons. The number of aromatic nitrogens is 2. The lowest BCUT2D eigenvalue weighted by Crippen LogP contribution is -2.29. The maximum atomic E-state index is 4.98. The highest BCUT2D eigenvalue weighted by Gasteiger charge is 2.44. The fraction of sp³-hybridized carbons (Fsp3) is 0.375. The average Bonchev–Trinajstić information content (AvgIpc) is 3.14. The molecule has 0 saturated carbocycles. The van der Waals surface area contributed by atoms with Gasteiger partial charge in [0, 0.05) is 36.9 Å². The summed E-state index contributed by atoms with van der Waals surface area (Å²) in [6, 6.07) is 10.7. The van der Waals surface area contributed by atoms with Crippen LogP contribution in [0.4, 0.5) is 0 Å². The van der Waals surface area contributed by atoms with Gasteiger partial charge in [-0.15, -0.1) is 0 Å². The van der Waals surface area contributed by atoms with Crippen LogP contribution in [0.15, 0.2) is 47.7 Å². The molecule has 21 heavy (non-hydrogen) atoms. The Morgan fingerprint density at radius 2 is 2.14 bits per heavy atom. The first-order chi connectivity index (χ1) is 10.2. The highest BCUT2D eigenvalue weighted by atomic mass is 32.2. The van der Waals surface area contributed by atoms with Crippen LogP contribution in [0, 0.1) is 0 Å². The zero-order valence-electron chi connectivity index (χ0n) is 12.2. The number of pyridine rings is 1. The molecule has 0 amide bonds. The van der Waals surface area contributed by atoms with Gasteiger partial charge in [-0.3, -0.25) is 9.98 Å². The van der Waals surface area contributed by atoms with Crippen LogP contribution >= 0.6 is 11.8 Å². The van der Waals surface area contributed by atoms with Crippen LogP contribution in [-0.2, 0) is 7.05 Å². The number of aryl methyl sites for hydroxylation is 1. The number of aliphatic imine (C=N–C) groups is 1. The number of rotatable bonds is 2. The molecule has 0 unspecified atom stereocenters. The Morgan fingerprint density at radius 3 is 2.86 bits per heavy atom. The summed E-state index contributed by atoms with van der Waals surface area (Å²) in [6.45, 7) is 3.33. The third-order valence-electron chi connectivity index (χ3n) is 4.17. The summed E-state index contributed by atoms with van der Waals surface area (Å²) in [4.78, 5) is 12.0. The molecule has 3 atom stereocenters. The SMILES string of the molecule is C[C@@H]1CN2C(=N[C@@H](c3ccccn3)[C@@H]2c2cccn2C)S1. The Hall–Kier alpha value is -1.75. The van der Waals surface area contributed by atoms with E-state index in [0.717, 1.165) is 12.2 Å². The van der Waals surface area contributed by atoms with Crippen molar-refractivity contribution < 1.29 is 0 Å². The fourth-order valence-electron chi connectivity index (χ4n) is 3.22. The second-order valence-corrected chi connectivity index (χ2v) is 7.09. The molecule has 1 saturated heterocycles. The monoisotopic (exact) mass is 298 g/mol. The van der Waals surface area contributed by atoms with E-state index in [1.165, 1.54) is 10.9 Å². The van der Waals surface area contributed by atoms with Gasteiger partial charge in [-0.25, -0.2) is 0 Å². The molecule has 0 spiro atoms.